The first-order valence-electron chi connectivity index (χ1n) is 5.22. The summed E-state index contributed by atoms with van der Waals surface area (Å²) in [6.07, 6.45) is 2.43. The van der Waals surface area contributed by atoms with Crippen LogP contribution < -0.4 is 5.32 Å². The van der Waals surface area contributed by atoms with Crippen molar-refractivity contribution in [1.29, 1.82) is 0 Å². The lowest BCUT2D eigenvalue weighted by Gasteiger charge is -2.17. The molecule has 4 unspecified atom stereocenters. The van der Waals surface area contributed by atoms with Crippen LogP contribution in [0.4, 0.5) is 0 Å². The van der Waals surface area contributed by atoms with Crippen LogP contribution in [0, 0.1) is 5.92 Å². The number of amides is 1. The molecule has 1 N–H and O–H groups in total. The monoisotopic (exact) mass is 233 g/mol. The lowest BCUT2D eigenvalue weighted by atomic mass is 10.0. The summed E-state index contributed by atoms with van der Waals surface area (Å²) in [5.74, 6) is 0.490. The van der Waals surface area contributed by atoms with Crippen LogP contribution >= 0.6 is 0 Å². The highest BCUT2D eigenvalue weighted by Gasteiger charge is 2.31. The molecule has 1 fully saturated rings. The van der Waals surface area contributed by atoms with Crippen molar-refractivity contribution in [3.8, 4) is 0 Å². The number of hydrogen-bond donors (Lipinski definition) is 1. The molecule has 0 spiro atoms. The topological polar surface area (TPSA) is 55.4 Å². The van der Waals surface area contributed by atoms with Gasteiger partial charge in [0.15, 0.2) is 0 Å². The Morgan fingerprint density at radius 3 is 2.80 bits per heavy atom. The zero-order chi connectivity index (χ0) is 11.4. The van der Waals surface area contributed by atoms with Crippen LogP contribution in [0.25, 0.3) is 0 Å². The SMILES string of the molecule is CC(CS(C)=O)NC(=O)C1CCOC1C. The Hall–Kier alpha value is -0.420. The van der Waals surface area contributed by atoms with E-state index in [-0.39, 0.29) is 24.0 Å². The minimum absolute atomic E-state index is 0.00400. The highest BCUT2D eigenvalue weighted by atomic mass is 32.2. The molecule has 4 atom stereocenters. The van der Waals surface area contributed by atoms with Gasteiger partial charge in [-0.15, -0.1) is 0 Å². The quantitative estimate of drug-likeness (QED) is 0.759. The van der Waals surface area contributed by atoms with E-state index in [1.165, 1.54) is 0 Å². The fourth-order valence-corrected chi connectivity index (χ4v) is 2.61. The van der Waals surface area contributed by atoms with Crippen molar-refractivity contribution in [2.45, 2.75) is 32.4 Å². The average Bonchev–Trinajstić information content (AvgIpc) is 2.49. The smallest absolute Gasteiger partial charge is 0.226 e. The lowest BCUT2D eigenvalue weighted by Crippen LogP contribution is -2.41. The minimum Gasteiger partial charge on any atom is -0.378 e. The molecule has 15 heavy (non-hydrogen) atoms. The van der Waals surface area contributed by atoms with Crippen LogP contribution in [-0.4, -0.2) is 40.9 Å². The zero-order valence-corrected chi connectivity index (χ0v) is 10.3. The van der Waals surface area contributed by atoms with Gasteiger partial charge in [-0.3, -0.25) is 9.00 Å². The molecule has 88 valence electrons. The Balaban J connectivity index is 2.37. The van der Waals surface area contributed by atoms with E-state index in [1.54, 1.807) is 6.26 Å². The van der Waals surface area contributed by atoms with Gasteiger partial charge in [0.25, 0.3) is 0 Å². The van der Waals surface area contributed by atoms with Gasteiger partial charge < -0.3 is 10.1 Å². The molecule has 1 aliphatic rings. The predicted molar refractivity (Wildman–Crippen MR) is 60.1 cm³/mol. The molecule has 0 saturated carbocycles. The molecule has 0 aliphatic carbocycles. The molecule has 0 bridgehead atoms. The average molecular weight is 233 g/mol. The normalized spacial score (nSPS) is 29.8. The van der Waals surface area contributed by atoms with Crippen LogP contribution in [0.1, 0.15) is 20.3 Å². The Kier molecular flexibility index (Phi) is 4.73. The lowest BCUT2D eigenvalue weighted by molar-refractivity contribution is -0.126. The van der Waals surface area contributed by atoms with Gasteiger partial charge in [-0.05, 0) is 20.3 Å². The molecular formula is C10H19NO3S. The summed E-state index contributed by atoms with van der Waals surface area (Å²) >= 11 is 0. The van der Waals surface area contributed by atoms with Gasteiger partial charge in [0.1, 0.15) is 0 Å². The van der Waals surface area contributed by atoms with Gasteiger partial charge in [-0.2, -0.15) is 0 Å². The standard InChI is InChI=1S/C10H19NO3S/c1-7(6-15(3)13)11-10(12)9-4-5-14-8(9)2/h7-9H,4-6H2,1-3H3,(H,11,12). The highest BCUT2D eigenvalue weighted by Crippen LogP contribution is 2.20. The number of rotatable bonds is 4. The van der Waals surface area contributed by atoms with Crippen molar-refractivity contribution in [3.05, 3.63) is 0 Å². The van der Waals surface area contributed by atoms with Gasteiger partial charge in [0, 0.05) is 35.5 Å². The van der Waals surface area contributed by atoms with E-state index in [9.17, 15) is 9.00 Å². The van der Waals surface area contributed by atoms with Crippen LogP contribution in [0.3, 0.4) is 0 Å². The minimum atomic E-state index is -0.868. The molecule has 0 aromatic rings. The third-order valence-corrected chi connectivity index (χ3v) is 3.56. The van der Waals surface area contributed by atoms with Gasteiger partial charge in [-0.25, -0.2) is 0 Å². The molecule has 0 radical (unpaired) electrons. The third-order valence-electron chi connectivity index (χ3n) is 2.59. The van der Waals surface area contributed by atoms with Crippen LogP contribution in [0.5, 0.6) is 0 Å². The van der Waals surface area contributed by atoms with E-state index in [4.69, 9.17) is 4.74 Å². The first-order chi connectivity index (χ1) is 7.00. The molecule has 0 aromatic heterocycles. The Bertz CT molecular complexity index is 257. The molecule has 5 heteroatoms. The number of carbonyl (C=O) groups is 1. The number of hydrogen-bond acceptors (Lipinski definition) is 3. The Morgan fingerprint density at radius 1 is 1.67 bits per heavy atom. The van der Waals surface area contributed by atoms with Gasteiger partial charge >= 0.3 is 0 Å². The second-order valence-electron chi connectivity index (χ2n) is 4.12. The summed E-state index contributed by atoms with van der Waals surface area (Å²) in [6.45, 7) is 4.45. The van der Waals surface area contributed by atoms with Crippen LogP contribution in [0.2, 0.25) is 0 Å². The van der Waals surface area contributed by atoms with Crippen molar-refractivity contribution in [1.82, 2.24) is 5.32 Å². The van der Waals surface area contributed by atoms with E-state index < -0.39 is 10.8 Å². The number of carbonyl (C=O) groups excluding carboxylic acids is 1. The van der Waals surface area contributed by atoms with Crippen molar-refractivity contribution < 1.29 is 13.7 Å². The molecule has 0 aromatic carbocycles. The van der Waals surface area contributed by atoms with Crippen molar-refractivity contribution >= 4 is 16.7 Å². The number of ether oxygens (including phenoxy) is 1. The Labute approximate surface area is 93.2 Å². The van der Waals surface area contributed by atoms with E-state index >= 15 is 0 Å². The van der Waals surface area contributed by atoms with Gasteiger partial charge in [0.05, 0.1) is 12.0 Å². The van der Waals surface area contributed by atoms with Gasteiger partial charge in [-0.1, -0.05) is 0 Å². The van der Waals surface area contributed by atoms with Crippen molar-refractivity contribution in [2.75, 3.05) is 18.6 Å². The molecule has 4 nitrogen and oxygen atoms in total. The first-order valence-corrected chi connectivity index (χ1v) is 6.95. The molecule has 1 amide bonds. The maximum absolute atomic E-state index is 11.8. The van der Waals surface area contributed by atoms with Crippen molar-refractivity contribution in [3.63, 3.8) is 0 Å². The molecule has 1 aliphatic heterocycles. The van der Waals surface area contributed by atoms with E-state index in [0.29, 0.717) is 12.4 Å². The highest BCUT2D eigenvalue weighted by molar-refractivity contribution is 7.84. The maximum atomic E-state index is 11.8. The van der Waals surface area contributed by atoms with E-state index in [1.807, 2.05) is 13.8 Å². The predicted octanol–water partition coefficient (Wildman–Crippen LogP) is 0.295. The molecule has 1 saturated heterocycles. The summed E-state index contributed by atoms with van der Waals surface area (Å²) in [7, 11) is -0.868. The second-order valence-corrected chi connectivity index (χ2v) is 5.60. The molecule has 1 rings (SSSR count). The second kappa shape index (κ2) is 5.61. The maximum Gasteiger partial charge on any atom is 0.226 e. The van der Waals surface area contributed by atoms with Crippen LogP contribution in [-0.2, 0) is 20.3 Å². The van der Waals surface area contributed by atoms with Gasteiger partial charge in [0.2, 0.25) is 5.91 Å². The fraction of sp³-hybridized carbons (Fsp3) is 0.900. The molecule has 1 heterocycles. The summed E-state index contributed by atoms with van der Waals surface area (Å²) < 4.78 is 16.3. The molecular weight excluding hydrogens is 214 g/mol. The fourth-order valence-electron chi connectivity index (χ4n) is 1.82. The summed E-state index contributed by atoms with van der Waals surface area (Å²) in [5, 5.41) is 2.87. The largest absolute Gasteiger partial charge is 0.378 e. The summed E-state index contributed by atoms with van der Waals surface area (Å²) in [5.41, 5.74) is 0. The summed E-state index contributed by atoms with van der Waals surface area (Å²) in [4.78, 5) is 11.8. The van der Waals surface area contributed by atoms with E-state index in [2.05, 4.69) is 5.32 Å². The summed E-state index contributed by atoms with van der Waals surface area (Å²) in [6, 6.07) is -0.0314. The number of nitrogens with one attached hydrogen (secondary N) is 1. The van der Waals surface area contributed by atoms with Crippen LogP contribution in [0.15, 0.2) is 0 Å². The zero-order valence-electron chi connectivity index (χ0n) is 9.49. The van der Waals surface area contributed by atoms with Crippen molar-refractivity contribution in [2.24, 2.45) is 5.92 Å². The van der Waals surface area contributed by atoms with E-state index in [0.717, 1.165) is 6.42 Å². The Morgan fingerprint density at radius 2 is 2.33 bits per heavy atom. The third kappa shape index (κ3) is 3.91. The first kappa shape index (κ1) is 12.6.